The molecular formula is C14H17NO2. The van der Waals surface area contributed by atoms with Gasteiger partial charge in [0.15, 0.2) is 0 Å². The Morgan fingerprint density at radius 2 is 1.76 bits per heavy atom. The molecule has 0 amide bonds. The number of rotatable bonds is 3. The predicted molar refractivity (Wildman–Crippen MR) is 64.9 cm³/mol. The zero-order valence-electron chi connectivity index (χ0n) is 9.80. The number of fused-ring (bicyclic) bond motifs is 2. The van der Waals surface area contributed by atoms with Crippen molar-refractivity contribution in [2.24, 2.45) is 11.8 Å². The van der Waals surface area contributed by atoms with E-state index in [4.69, 9.17) is 5.11 Å². The largest absolute Gasteiger partial charge is 0.478 e. The molecule has 1 saturated carbocycles. The minimum absolute atomic E-state index is 0.371. The van der Waals surface area contributed by atoms with Crippen LogP contribution in [0.2, 0.25) is 0 Å². The highest BCUT2D eigenvalue weighted by Gasteiger charge is 2.36. The molecule has 3 nitrogen and oxygen atoms in total. The Kier molecular flexibility index (Phi) is 2.63. The molecule has 0 spiro atoms. The monoisotopic (exact) mass is 231 g/mol. The highest BCUT2D eigenvalue weighted by atomic mass is 16.4. The topological polar surface area (TPSA) is 40.5 Å². The van der Waals surface area contributed by atoms with E-state index < -0.39 is 5.97 Å². The Balaban J connectivity index is 1.63. The molecule has 90 valence electrons. The SMILES string of the molecule is O=C(O)c1ccc(CN2CC3CC(C3)C2)cc1. The van der Waals surface area contributed by atoms with Crippen molar-refractivity contribution < 1.29 is 9.90 Å². The highest BCUT2D eigenvalue weighted by molar-refractivity contribution is 5.87. The number of piperidine rings is 2. The number of carboxylic acids is 1. The van der Waals surface area contributed by atoms with E-state index in [1.54, 1.807) is 12.1 Å². The van der Waals surface area contributed by atoms with Gasteiger partial charge < -0.3 is 5.11 Å². The van der Waals surface area contributed by atoms with Gasteiger partial charge in [-0.2, -0.15) is 0 Å². The summed E-state index contributed by atoms with van der Waals surface area (Å²) < 4.78 is 0. The van der Waals surface area contributed by atoms with Crippen LogP contribution in [0.25, 0.3) is 0 Å². The predicted octanol–water partition coefficient (Wildman–Crippen LogP) is 2.23. The van der Waals surface area contributed by atoms with Crippen molar-refractivity contribution >= 4 is 5.97 Å². The van der Waals surface area contributed by atoms with Gasteiger partial charge in [0.05, 0.1) is 5.56 Å². The molecular weight excluding hydrogens is 214 g/mol. The van der Waals surface area contributed by atoms with Gasteiger partial charge in [0.25, 0.3) is 0 Å². The van der Waals surface area contributed by atoms with E-state index in [2.05, 4.69) is 4.90 Å². The van der Waals surface area contributed by atoms with Gasteiger partial charge in [-0.3, -0.25) is 4.90 Å². The van der Waals surface area contributed by atoms with Gasteiger partial charge in [0.2, 0.25) is 0 Å². The van der Waals surface area contributed by atoms with Gasteiger partial charge in [0.1, 0.15) is 0 Å². The second-order valence-electron chi connectivity index (χ2n) is 5.40. The molecule has 1 N–H and O–H groups in total. The quantitative estimate of drug-likeness (QED) is 0.867. The van der Waals surface area contributed by atoms with E-state index in [9.17, 15) is 4.79 Å². The van der Waals surface area contributed by atoms with Gasteiger partial charge in [-0.1, -0.05) is 12.1 Å². The van der Waals surface area contributed by atoms with E-state index >= 15 is 0 Å². The fraction of sp³-hybridized carbons (Fsp3) is 0.500. The molecule has 0 unspecified atom stereocenters. The third-order valence-electron chi connectivity index (χ3n) is 3.97. The van der Waals surface area contributed by atoms with Crippen molar-refractivity contribution in [2.45, 2.75) is 19.4 Å². The number of nitrogens with zero attached hydrogens (tertiary/aromatic N) is 1. The zero-order valence-corrected chi connectivity index (χ0v) is 9.80. The minimum atomic E-state index is -0.851. The molecule has 3 heteroatoms. The molecule has 2 aliphatic heterocycles. The molecule has 0 aromatic heterocycles. The van der Waals surface area contributed by atoms with Crippen LogP contribution in [0.5, 0.6) is 0 Å². The van der Waals surface area contributed by atoms with E-state index in [-0.39, 0.29) is 0 Å². The molecule has 2 bridgehead atoms. The molecule has 4 rings (SSSR count). The van der Waals surface area contributed by atoms with Crippen LogP contribution in [0.15, 0.2) is 24.3 Å². The number of carboxylic acid groups (broad SMARTS) is 1. The van der Waals surface area contributed by atoms with Crippen LogP contribution in [-0.2, 0) is 6.54 Å². The van der Waals surface area contributed by atoms with Crippen LogP contribution in [0.4, 0.5) is 0 Å². The normalized spacial score (nSPS) is 27.5. The molecule has 0 radical (unpaired) electrons. The second-order valence-corrected chi connectivity index (χ2v) is 5.40. The Labute approximate surface area is 101 Å². The Morgan fingerprint density at radius 1 is 1.18 bits per heavy atom. The fourth-order valence-corrected chi connectivity index (χ4v) is 3.12. The Bertz CT molecular complexity index is 410. The number of hydrogen-bond acceptors (Lipinski definition) is 2. The van der Waals surface area contributed by atoms with Gasteiger partial charge >= 0.3 is 5.97 Å². The summed E-state index contributed by atoms with van der Waals surface area (Å²) in [5.74, 6) is 0.995. The molecule has 1 aliphatic carbocycles. The molecule has 3 aliphatic rings. The molecule has 1 aromatic rings. The van der Waals surface area contributed by atoms with Gasteiger partial charge in [-0.05, 0) is 42.4 Å². The van der Waals surface area contributed by atoms with Gasteiger partial charge in [0, 0.05) is 19.6 Å². The van der Waals surface area contributed by atoms with Crippen LogP contribution in [0.3, 0.4) is 0 Å². The lowest BCUT2D eigenvalue weighted by Crippen LogP contribution is -2.47. The average Bonchev–Trinajstić information content (AvgIpc) is 2.28. The number of benzene rings is 1. The van der Waals surface area contributed by atoms with Gasteiger partial charge in [-0.25, -0.2) is 4.79 Å². The summed E-state index contributed by atoms with van der Waals surface area (Å²) in [7, 11) is 0. The van der Waals surface area contributed by atoms with Crippen molar-refractivity contribution in [2.75, 3.05) is 13.1 Å². The lowest BCUT2D eigenvalue weighted by Gasteiger charge is -2.47. The second kappa shape index (κ2) is 4.15. The molecule has 2 heterocycles. The lowest BCUT2D eigenvalue weighted by molar-refractivity contribution is 0.0228. The van der Waals surface area contributed by atoms with Crippen molar-refractivity contribution in [1.82, 2.24) is 4.90 Å². The first-order chi connectivity index (χ1) is 8.20. The number of hydrogen-bond donors (Lipinski definition) is 1. The summed E-state index contributed by atoms with van der Waals surface area (Å²) in [5, 5.41) is 8.83. The first-order valence-electron chi connectivity index (χ1n) is 6.25. The molecule has 3 fully saturated rings. The lowest BCUT2D eigenvalue weighted by atomic mass is 9.71. The van der Waals surface area contributed by atoms with Crippen LogP contribution in [0.1, 0.15) is 28.8 Å². The molecule has 2 saturated heterocycles. The third-order valence-corrected chi connectivity index (χ3v) is 3.97. The van der Waals surface area contributed by atoms with Crippen molar-refractivity contribution in [3.05, 3.63) is 35.4 Å². The van der Waals surface area contributed by atoms with E-state index in [1.807, 2.05) is 12.1 Å². The maximum atomic E-state index is 10.7. The van der Waals surface area contributed by atoms with Crippen molar-refractivity contribution in [1.29, 1.82) is 0 Å². The van der Waals surface area contributed by atoms with Crippen molar-refractivity contribution in [3.8, 4) is 0 Å². The Morgan fingerprint density at radius 3 is 2.29 bits per heavy atom. The Hall–Kier alpha value is -1.35. The third kappa shape index (κ3) is 2.20. The minimum Gasteiger partial charge on any atom is -0.478 e. The fourth-order valence-electron chi connectivity index (χ4n) is 3.12. The number of aromatic carboxylic acids is 1. The summed E-state index contributed by atoms with van der Waals surface area (Å²) in [6.07, 6.45) is 2.85. The summed E-state index contributed by atoms with van der Waals surface area (Å²) >= 11 is 0. The van der Waals surface area contributed by atoms with E-state index in [0.29, 0.717) is 5.56 Å². The van der Waals surface area contributed by atoms with Crippen LogP contribution in [0, 0.1) is 11.8 Å². The molecule has 0 atom stereocenters. The summed E-state index contributed by atoms with van der Waals surface area (Å²) in [6, 6.07) is 7.26. The van der Waals surface area contributed by atoms with E-state index in [0.717, 1.165) is 18.4 Å². The zero-order chi connectivity index (χ0) is 11.8. The van der Waals surface area contributed by atoms with Crippen molar-refractivity contribution in [3.63, 3.8) is 0 Å². The summed E-state index contributed by atoms with van der Waals surface area (Å²) in [4.78, 5) is 13.2. The summed E-state index contributed by atoms with van der Waals surface area (Å²) in [5.41, 5.74) is 1.59. The van der Waals surface area contributed by atoms with Crippen LogP contribution >= 0.6 is 0 Å². The highest BCUT2D eigenvalue weighted by Crippen LogP contribution is 2.39. The molecule has 1 aromatic carbocycles. The number of carbonyl (C=O) groups is 1. The summed E-state index contributed by atoms with van der Waals surface area (Å²) in [6.45, 7) is 3.40. The molecule has 17 heavy (non-hydrogen) atoms. The maximum absolute atomic E-state index is 10.7. The standard InChI is InChI=1S/C14H17NO2/c16-14(17)13-3-1-10(2-4-13)7-15-8-11-5-12(6-11)9-15/h1-4,11-12H,5-9H2,(H,16,17). The maximum Gasteiger partial charge on any atom is 0.335 e. The van der Waals surface area contributed by atoms with E-state index in [1.165, 1.54) is 31.5 Å². The average molecular weight is 231 g/mol. The van der Waals surface area contributed by atoms with Crippen LogP contribution in [-0.4, -0.2) is 29.1 Å². The van der Waals surface area contributed by atoms with Crippen LogP contribution < -0.4 is 0 Å². The van der Waals surface area contributed by atoms with Gasteiger partial charge in [-0.15, -0.1) is 0 Å². The first-order valence-corrected chi connectivity index (χ1v) is 6.25. The first kappa shape index (κ1) is 10.8. The smallest absolute Gasteiger partial charge is 0.335 e.